The molecule has 1 fully saturated rings. The van der Waals surface area contributed by atoms with E-state index in [1.807, 2.05) is 30.3 Å². The summed E-state index contributed by atoms with van der Waals surface area (Å²) in [7, 11) is 0. The maximum Gasteiger partial charge on any atom is 0.416 e. The van der Waals surface area contributed by atoms with Crippen molar-refractivity contribution in [1.82, 2.24) is 5.32 Å². The van der Waals surface area contributed by atoms with Crippen LogP contribution in [-0.4, -0.2) is 19.4 Å². The quantitative estimate of drug-likeness (QED) is 0.665. The van der Waals surface area contributed by atoms with Gasteiger partial charge >= 0.3 is 12.4 Å². The normalized spacial score (nSPS) is 21.8. The van der Waals surface area contributed by atoms with E-state index in [-0.39, 0.29) is 11.6 Å². The van der Waals surface area contributed by atoms with Gasteiger partial charge in [0.1, 0.15) is 0 Å². The number of benzene rings is 2. The Morgan fingerprint density at radius 3 is 2.10 bits per heavy atom. The maximum atomic E-state index is 13.1. The second-order valence-electron chi connectivity index (χ2n) is 6.70. The van der Waals surface area contributed by atoms with Crippen molar-refractivity contribution in [3.8, 4) is 0 Å². The molecule has 29 heavy (non-hydrogen) atoms. The van der Waals surface area contributed by atoms with Gasteiger partial charge in [0.2, 0.25) is 0 Å². The highest BCUT2D eigenvalue weighted by molar-refractivity contribution is 5.34. The molecular formula is C20H19F6NO2. The Balaban J connectivity index is 1.88. The molecule has 0 unspecified atom stereocenters. The molecule has 0 saturated carbocycles. The number of halogens is 6. The lowest BCUT2D eigenvalue weighted by Crippen LogP contribution is -2.43. The third kappa shape index (κ3) is 5.29. The summed E-state index contributed by atoms with van der Waals surface area (Å²) in [5.74, 6) is 0. The second kappa shape index (κ2) is 8.33. The first-order valence-electron chi connectivity index (χ1n) is 8.90. The SMILES string of the molecule is C[C@@H](O[C@H]1OCCN[C@@H]1c1ccccc1)c1cc(C(F)(F)F)cc(C(F)(F)F)c1. The monoisotopic (exact) mass is 419 g/mol. The number of morpholine rings is 1. The van der Waals surface area contributed by atoms with Crippen LogP contribution in [0.3, 0.4) is 0 Å². The van der Waals surface area contributed by atoms with Crippen molar-refractivity contribution in [1.29, 1.82) is 0 Å². The first kappa shape index (κ1) is 21.6. The van der Waals surface area contributed by atoms with Crippen LogP contribution in [0.15, 0.2) is 48.5 Å². The van der Waals surface area contributed by atoms with E-state index in [4.69, 9.17) is 9.47 Å². The zero-order chi connectivity index (χ0) is 21.2. The molecule has 1 saturated heterocycles. The van der Waals surface area contributed by atoms with Crippen LogP contribution in [0.4, 0.5) is 26.3 Å². The molecule has 3 nitrogen and oxygen atoms in total. The molecule has 0 radical (unpaired) electrons. The highest BCUT2D eigenvalue weighted by atomic mass is 19.4. The molecule has 0 bridgehead atoms. The van der Waals surface area contributed by atoms with Gasteiger partial charge in [-0.3, -0.25) is 0 Å². The smallest absolute Gasteiger partial charge is 0.349 e. The summed E-state index contributed by atoms with van der Waals surface area (Å²) >= 11 is 0. The number of rotatable bonds is 4. The van der Waals surface area contributed by atoms with Gasteiger partial charge in [0.05, 0.1) is 29.9 Å². The first-order valence-corrected chi connectivity index (χ1v) is 8.90. The lowest BCUT2D eigenvalue weighted by atomic mass is 10.0. The van der Waals surface area contributed by atoms with E-state index < -0.39 is 41.9 Å². The van der Waals surface area contributed by atoms with Crippen LogP contribution in [0.5, 0.6) is 0 Å². The van der Waals surface area contributed by atoms with Crippen molar-refractivity contribution in [2.45, 2.75) is 37.7 Å². The molecule has 1 aliphatic rings. The average Bonchev–Trinajstić information content (AvgIpc) is 2.67. The van der Waals surface area contributed by atoms with Gasteiger partial charge in [0, 0.05) is 6.54 Å². The van der Waals surface area contributed by atoms with Crippen molar-refractivity contribution in [2.75, 3.05) is 13.2 Å². The Kier molecular flexibility index (Phi) is 6.21. The molecule has 1 heterocycles. The lowest BCUT2D eigenvalue weighted by molar-refractivity contribution is -0.200. The van der Waals surface area contributed by atoms with Crippen LogP contribution in [-0.2, 0) is 21.8 Å². The zero-order valence-corrected chi connectivity index (χ0v) is 15.3. The van der Waals surface area contributed by atoms with Crippen molar-refractivity contribution in [2.24, 2.45) is 0 Å². The Hall–Kier alpha value is -2.10. The number of hydrogen-bond donors (Lipinski definition) is 1. The minimum atomic E-state index is -4.91. The minimum Gasteiger partial charge on any atom is -0.349 e. The Morgan fingerprint density at radius 2 is 1.55 bits per heavy atom. The summed E-state index contributed by atoms with van der Waals surface area (Å²) in [6.45, 7) is 2.24. The van der Waals surface area contributed by atoms with Crippen LogP contribution < -0.4 is 5.32 Å². The van der Waals surface area contributed by atoms with Crippen molar-refractivity contribution < 1.29 is 35.8 Å². The molecule has 3 atom stereocenters. The molecule has 1 aliphatic heterocycles. The summed E-state index contributed by atoms with van der Waals surface area (Å²) < 4.78 is 90.0. The zero-order valence-electron chi connectivity index (χ0n) is 15.3. The summed E-state index contributed by atoms with van der Waals surface area (Å²) in [6, 6.07) is 10.2. The first-order chi connectivity index (χ1) is 13.6. The summed E-state index contributed by atoms with van der Waals surface area (Å²) in [6.07, 6.45) is -11.8. The Morgan fingerprint density at radius 1 is 0.966 bits per heavy atom. The summed E-state index contributed by atoms with van der Waals surface area (Å²) in [5.41, 5.74) is -2.14. The van der Waals surface area contributed by atoms with Gasteiger partial charge in [-0.25, -0.2) is 0 Å². The van der Waals surface area contributed by atoms with Crippen LogP contribution in [0.2, 0.25) is 0 Å². The van der Waals surface area contributed by atoms with Crippen molar-refractivity contribution >= 4 is 0 Å². The van der Waals surface area contributed by atoms with E-state index in [9.17, 15) is 26.3 Å². The van der Waals surface area contributed by atoms with Gasteiger partial charge in [-0.15, -0.1) is 0 Å². The predicted molar refractivity (Wildman–Crippen MR) is 92.9 cm³/mol. The second-order valence-corrected chi connectivity index (χ2v) is 6.70. The molecule has 0 aromatic heterocycles. The fourth-order valence-electron chi connectivity index (χ4n) is 3.13. The maximum absolute atomic E-state index is 13.1. The van der Waals surface area contributed by atoms with Crippen LogP contribution in [0.1, 0.15) is 41.3 Å². The van der Waals surface area contributed by atoms with Gasteiger partial charge in [-0.05, 0) is 36.2 Å². The summed E-state index contributed by atoms with van der Waals surface area (Å²) in [4.78, 5) is 0. The fourth-order valence-corrected chi connectivity index (χ4v) is 3.13. The van der Waals surface area contributed by atoms with Gasteiger partial charge in [-0.2, -0.15) is 26.3 Å². The van der Waals surface area contributed by atoms with E-state index in [1.165, 1.54) is 6.92 Å². The third-order valence-electron chi connectivity index (χ3n) is 4.60. The molecule has 0 amide bonds. The van der Waals surface area contributed by atoms with Crippen LogP contribution >= 0.6 is 0 Å². The van der Waals surface area contributed by atoms with E-state index >= 15 is 0 Å². The highest BCUT2D eigenvalue weighted by Crippen LogP contribution is 2.38. The van der Waals surface area contributed by atoms with Gasteiger partial charge < -0.3 is 14.8 Å². The average molecular weight is 419 g/mol. The predicted octanol–water partition coefficient (Wildman–Crippen LogP) is 5.49. The molecule has 2 aromatic rings. The molecule has 3 rings (SSSR count). The van der Waals surface area contributed by atoms with Gasteiger partial charge in [0.15, 0.2) is 6.29 Å². The molecule has 9 heteroatoms. The number of alkyl halides is 6. The van der Waals surface area contributed by atoms with E-state index in [2.05, 4.69) is 5.32 Å². The number of nitrogens with one attached hydrogen (secondary N) is 1. The molecule has 2 aromatic carbocycles. The van der Waals surface area contributed by atoms with Gasteiger partial charge in [0.25, 0.3) is 0 Å². The molecule has 1 N–H and O–H groups in total. The fraction of sp³-hybridized carbons (Fsp3) is 0.400. The lowest BCUT2D eigenvalue weighted by Gasteiger charge is -2.34. The minimum absolute atomic E-state index is 0.0989. The van der Waals surface area contributed by atoms with Gasteiger partial charge in [-0.1, -0.05) is 30.3 Å². The molecule has 158 valence electrons. The molecule has 0 aliphatic carbocycles. The Bertz CT molecular complexity index is 790. The van der Waals surface area contributed by atoms with Crippen LogP contribution in [0, 0.1) is 0 Å². The standard InChI is InChI=1S/C20H19F6NO2/c1-12(14-9-15(19(21,22)23)11-16(10-14)20(24,25)26)29-18-17(27-7-8-28-18)13-5-3-2-4-6-13/h2-6,9-12,17-18,27H,7-8H2,1H3/t12-,17-,18-/m1/s1. The summed E-state index contributed by atoms with van der Waals surface area (Å²) in [5, 5.41) is 3.20. The Labute approximate surface area is 163 Å². The van der Waals surface area contributed by atoms with E-state index in [0.717, 1.165) is 5.56 Å². The number of hydrogen-bond acceptors (Lipinski definition) is 3. The number of ether oxygens (including phenoxy) is 2. The molecule has 0 spiro atoms. The largest absolute Gasteiger partial charge is 0.416 e. The van der Waals surface area contributed by atoms with E-state index in [1.54, 1.807) is 0 Å². The topological polar surface area (TPSA) is 30.5 Å². The van der Waals surface area contributed by atoms with Crippen molar-refractivity contribution in [3.05, 3.63) is 70.8 Å². The van der Waals surface area contributed by atoms with E-state index in [0.29, 0.717) is 25.3 Å². The van der Waals surface area contributed by atoms with Crippen LogP contribution in [0.25, 0.3) is 0 Å². The highest BCUT2D eigenvalue weighted by Gasteiger charge is 2.38. The van der Waals surface area contributed by atoms with Crippen molar-refractivity contribution in [3.63, 3.8) is 0 Å². The molecular weight excluding hydrogens is 400 g/mol. The third-order valence-corrected chi connectivity index (χ3v) is 4.60.